The Bertz CT molecular complexity index is 875. The van der Waals surface area contributed by atoms with Gasteiger partial charge >= 0.3 is 0 Å². The molecule has 0 aliphatic heterocycles. The van der Waals surface area contributed by atoms with Crippen LogP contribution in [0.2, 0.25) is 5.02 Å². The van der Waals surface area contributed by atoms with E-state index in [2.05, 4.69) is 26.3 Å². The van der Waals surface area contributed by atoms with E-state index in [4.69, 9.17) is 11.6 Å². The quantitative estimate of drug-likeness (QED) is 0.758. The molecule has 1 aliphatic carbocycles. The number of aryl methyl sites for hydroxylation is 1. The van der Waals surface area contributed by atoms with Gasteiger partial charge in [-0.05, 0) is 30.9 Å². The second kappa shape index (κ2) is 5.66. The van der Waals surface area contributed by atoms with E-state index in [9.17, 15) is 4.79 Å². The van der Waals surface area contributed by atoms with Gasteiger partial charge in [0.25, 0.3) is 5.91 Å². The van der Waals surface area contributed by atoms with Gasteiger partial charge in [-0.25, -0.2) is 4.98 Å². The SMILES string of the molecule is O=C(N[C@@H]1CCCc2c1[nH]c1c(Cl)cccc21)c1cnccn1. The Hall–Kier alpha value is -2.40. The zero-order valence-corrected chi connectivity index (χ0v) is 13.1. The lowest BCUT2D eigenvalue weighted by Gasteiger charge is -2.23. The smallest absolute Gasteiger partial charge is 0.272 e. The summed E-state index contributed by atoms with van der Waals surface area (Å²) < 4.78 is 0. The number of fused-ring (bicyclic) bond motifs is 3. The Kier molecular flexibility index (Phi) is 3.50. The standard InChI is InChI=1S/C17H15ClN4O/c18-12-5-1-3-10-11-4-2-6-13(16(11)22-15(10)12)21-17(23)14-9-19-7-8-20-14/h1,3,5,7-9,13,22H,2,4,6H2,(H,21,23)/t13-/m1/s1. The summed E-state index contributed by atoms with van der Waals surface area (Å²) in [5.41, 5.74) is 3.57. The molecule has 0 saturated heterocycles. The van der Waals surface area contributed by atoms with Crippen LogP contribution in [0.25, 0.3) is 10.9 Å². The van der Waals surface area contributed by atoms with Crippen molar-refractivity contribution in [2.24, 2.45) is 0 Å². The van der Waals surface area contributed by atoms with Crippen molar-refractivity contribution in [3.63, 3.8) is 0 Å². The van der Waals surface area contributed by atoms with Crippen LogP contribution in [0, 0.1) is 0 Å². The Labute approximate surface area is 138 Å². The van der Waals surface area contributed by atoms with Crippen molar-refractivity contribution in [3.8, 4) is 0 Å². The van der Waals surface area contributed by atoms with Gasteiger partial charge in [0.15, 0.2) is 0 Å². The molecule has 1 atom stereocenters. The summed E-state index contributed by atoms with van der Waals surface area (Å²) >= 11 is 6.29. The van der Waals surface area contributed by atoms with Crippen molar-refractivity contribution in [1.29, 1.82) is 0 Å². The average molecular weight is 327 g/mol. The summed E-state index contributed by atoms with van der Waals surface area (Å²) in [7, 11) is 0. The third-order valence-corrected chi connectivity index (χ3v) is 4.61. The summed E-state index contributed by atoms with van der Waals surface area (Å²) in [6, 6.07) is 5.85. The number of amides is 1. The van der Waals surface area contributed by atoms with Crippen molar-refractivity contribution in [2.45, 2.75) is 25.3 Å². The Morgan fingerprint density at radius 3 is 3.09 bits per heavy atom. The van der Waals surface area contributed by atoms with Crippen LogP contribution in [0.3, 0.4) is 0 Å². The van der Waals surface area contributed by atoms with Gasteiger partial charge < -0.3 is 10.3 Å². The molecule has 0 unspecified atom stereocenters. The number of rotatable bonds is 2. The van der Waals surface area contributed by atoms with E-state index >= 15 is 0 Å². The third kappa shape index (κ3) is 2.47. The highest BCUT2D eigenvalue weighted by Crippen LogP contribution is 2.36. The summed E-state index contributed by atoms with van der Waals surface area (Å²) in [5.74, 6) is -0.208. The first-order valence-electron chi connectivity index (χ1n) is 7.60. The van der Waals surface area contributed by atoms with Crippen LogP contribution in [0.4, 0.5) is 0 Å². The van der Waals surface area contributed by atoms with Crippen LogP contribution in [-0.4, -0.2) is 20.9 Å². The number of halogens is 1. The van der Waals surface area contributed by atoms with Crippen molar-refractivity contribution in [1.82, 2.24) is 20.3 Å². The Balaban J connectivity index is 1.69. The number of H-pyrrole nitrogens is 1. The molecule has 0 spiro atoms. The van der Waals surface area contributed by atoms with Gasteiger partial charge in [-0.15, -0.1) is 0 Å². The van der Waals surface area contributed by atoms with Crippen LogP contribution in [0.5, 0.6) is 0 Å². The second-order valence-electron chi connectivity index (χ2n) is 5.69. The van der Waals surface area contributed by atoms with Gasteiger partial charge in [0.05, 0.1) is 22.8 Å². The molecule has 2 N–H and O–H groups in total. The fourth-order valence-corrected chi connectivity index (χ4v) is 3.47. The summed E-state index contributed by atoms with van der Waals surface area (Å²) in [4.78, 5) is 23.8. The van der Waals surface area contributed by atoms with Gasteiger partial charge in [-0.3, -0.25) is 9.78 Å². The number of para-hydroxylation sites is 1. The van der Waals surface area contributed by atoms with Gasteiger partial charge in [-0.1, -0.05) is 23.7 Å². The largest absolute Gasteiger partial charge is 0.355 e. The molecule has 0 saturated carbocycles. The van der Waals surface area contributed by atoms with E-state index < -0.39 is 0 Å². The number of hydrogen-bond acceptors (Lipinski definition) is 3. The summed E-state index contributed by atoms with van der Waals surface area (Å²) in [6.45, 7) is 0. The summed E-state index contributed by atoms with van der Waals surface area (Å²) in [6.07, 6.45) is 7.45. The molecule has 1 aromatic carbocycles. The second-order valence-corrected chi connectivity index (χ2v) is 6.10. The van der Waals surface area contributed by atoms with Crippen LogP contribution >= 0.6 is 11.6 Å². The molecule has 2 aromatic heterocycles. The van der Waals surface area contributed by atoms with E-state index in [0.29, 0.717) is 10.7 Å². The van der Waals surface area contributed by atoms with E-state index in [1.165, 1.54) is 18.0 Å². The number of nitrogens with one attached hydrogen (secondary N) is 2. The molecule has 3 aromatic rings. The third-order valence-electron chi connectivity index (χ3n) is 4.29. The van der Waals surface area contributed by atoms with Gasteiger partial charge in [0.1, 0.15) is 5.69 Å². The van der Waals surface area contributed by atoms with Gasteiger partial charge in [-0.2, -0.15) is 0 Å². The highest BCUT2D eigenvalue weighted by Gasteiger charge is 2.26. The first-order valence-corrected chi connectivity index (χ1v) is 7.97. The van der Waals surface area contributed by atoms with E-state index in [1.807, 2.05) is 12.1 Å². The molecule has 1 amide bonds. The van der Waals surface area contributed by atoms with E-state index in [1.54, 1.807) is 6.20 Å². The number of hydrogen-bond donors (Lipinski definition) is 2. The molecule has 0 bridgehead atoms. The van der Waals surface area contributed by atoms with Crippen molar-refractivity contribution in [3.05, 3.63) is 58.8 Å². The molecule has 0 radical (unpaired) electrons. The number of benzene rings is 1. The first-order chi connectivity index (χ1) is 11.2. The molecule has 0 fully saturated rings. The zero-order valence-electron chi connectivity index (χ0n) is 12.3. The Morgan fingerprint density at radius 2 is 2.26 bits per heavy atom. The zero-order chi connectivity index (χ0) is 15.8. The maximum absolute atomic E-state index is 12.4. The number of carbonyl (C=O) groups is 1. The van der Waals surface area contributed by atoms with Gasteiger partial charge in [0, 0.05) is 23.5 Å². The lowest BCUT2D eigenvalue weighted by Crippen LogP contribution is -2.31. The maximum Gasteiger partial charge on any atom is 0.272 e. The first kappa shape index (κ1) is 14.2. The predicted molar refractivity (Wildman–Crippen MR) is 88.5 cm³/mol. The molecule has 116 valence electrons. The van der Waals surface area contributed by atoms with E-state index in [0.717, 1.165) is 35.9 Å². The number of nitrogens with zero attached hydrogens (tertiary/aromatic N) is 2. The molecule has 4 rings (SSSR count). The predicted octanol–water partition coefficient (Wildman–Crippen LogP) is 3.42. The minimum Gasteiger partial charge on any atom is -0.355 e. The van der Waals surface area contributed by atoms with Crippen LogP contribution in [0.1, 0.15) is 40.6 Å². The number of aromatic nitrogens is 3. The van der Waals surface area contributed by atoms with Crippen LogP contribution in [-0.2, 0) is 6.42 Å². The van der Waals surface area contributed by atoms with Crippen molar-refractivity contribution >= 4 is 28.4 Å². The minimum absolute atomic E-state index is 0.0586. The molecular weight excluding hydrogens is 312 g/mol. The molecule has 1 aliphatic rings. The topological polar surface area (TPSA) is 70.7 Å². The van der Waals surface area contributed by atoms with E-state index in [-0.39, 0.29) is 11.9 Å². The monoisotopic (exact) mass is 326 g/mol. The Morgan fingerprint density at radius 1 is 1.35 bits per heavy atom. The normalized spacial score (nSPS) is 17.0. The lowest BCUT2D eigenvalue weighted by atomic mass is 9.91. The molecule has 5 nitrogen and oxygen atoms in total. The van der Waals surface area contributed by atoms with Crippen LogP contribution < -0.4 is 5.32 Å². The average Bonchev–Trinajstić information content (AvgIpc) is 2.97. The fraction of sp³-hybridized carbons (Fsp3) is 0.235. The molecule has 2 heterocycles. The molecule has 23 heavy (non-hydrogen) atoms. The maximum atomic E-state index is 12.4. The highest BCUT2D eigenvalue weighted by molar-refractivity contribution is 6.35. The van der Waals surface area contributed by atoms with Crippen LogP contribution in [0.15, 0.2) is 36.8 Å². The number of carbonyl (C=O) groups excluding carboxylic acids is 1. The van der Waals surface area contributed by atoms with Crippen molar-refractivity contribution < 1.29 is 4.79 Å². The minimum atomic E-state index is -0.208. The van der Waals surface area contributed by atoms with Crippen molar-refractivity contribution in [2.75, 3.05) is 0 Å². The molecular formula is C17H15ClN4O. The fourth-order valence-electron chi connectivity index (χ4n) is 3.24. The number of aromatic amines is 1. The van der Waals surface area contributed by atoms with Gasteiger partial charge in [0.2, 0.25) is 0 Å². The highest BCUT2D eigenvalue weighted by atomic mass is 35.5. The summed E-state index contributed by atoms with van der Waals surface area (Å²) in [5, 5.41) is 4.90. The molecule has 6 heteroatoms. The lowest BCUT2D eigenvalue weighted by molar-refractivity contribution is 0.0926.